The molecule has 4 heteroatoms. The monoisotopic (exact) mass is 292 g/mol. The van der Waals surface area contributed by atoms with E-state index in [-0.39, 0.29) is 5.97 Å². The number of rotatable bonds is 9. The van der Waals surface area contributed by atoms with E-state index < -0.39 is 0 Å². The molecule has 21 heavy (non-hydrogen) atoms. The number of esters is 1. The summed E-state index contributed by atoms with van der Waals surface area (Å²) in [5, 5.41) is 3.39. The fraction of sp³-hybridized carbons (Fsp3) is 0.588. The molecule has 1 unspecified atom stereocenters. The lowest BCUT2D eigenvalue weighted by atomic mass is 10.1. The van der Waals surface area contributed by atoms with Crippen molar-refractivity contribution in [2.24, 2.45) is 0 Å². The summed E-state index contributed by atoms with van der Waals surface area (Å²) in [4.78, 5) is 11.8. The van der Waals surface area contributed by atoms with Crippen LogP contribution >= 0.6 is 0 Å². The molecule has 0 saturated heterocycles. The zero-order chi connectivity index (χ0) is 15.7. The summed E-state index contributed by atoms with van der Waals surface area (Å²) in [5.74, 6) is -0.366. The predicted octanol–water partition coefficient (Wildman–Crippen LogP) is 4.22. The maximum atomic E-state index is 11.8. The van der Waals surface area contributed by atoms with E-state index >= 15 is 0 Å². The van der Waals surface area contributed by atoms with E-state index in [0.717, 1.165) is 12.1 Å². The van der Waals surface area contributed by atoms with Gasteiger partial charge in [0.15, 0.2) is 0 Å². The highest BCUT2D eigenvalue weighted by molar-refractivity contribution is 5.98. The number of hydrogen-bond donors (Lipinski definition) is 2. The van der Waals surface area contributed by atoms with Crippen molar-refractivity contribution < 1.29 is 9.53 Å². The van der Waals surface area contributed by atoms with Gasteiger partial charge in [-0.3, -0.25) is 0 Å². The van der Waals surface area contributed by atoms with Gasteiger partial charge in [0.25, 0.3) is 0 Å². The van der Waals surface area contributed by atoms with E-state index in [1.807, 2.05) is 12.1 Å². The first kappa shape index (κ1) is 17.3. The predicted molar refractivity (Wildman–Crippen MR) is 88.7 cm³/mol. The molecule has 0 fully saturated rings. The fourth-order valence-corrected chi connectivity index (χ4v) is 2.29. The Kier molecular flexibility index (Phi) is 7.65. The smallest absolute Gasteiger partial charge is 0.340 e. The van der Waals surface area contributed by atoms with E-state index in [1.54, 1.807) is 13.0 Å². The number of ether oxygens (including phenoxy) is 1. The average molecular weight is 292 g/mol. The molecule has 0 aliphatic rings. The average Bonchev–Trinajstić information content (AvgIpc) is 2.46. The third-order valence-electron chi connectivity index (χ3n) is 3.49. The van der Waals surface area contributed by atoms with Crippen molar-refractivity contribution in [3.05, 3.63) is 23.8 Å². The molecule has 0 spiro atoms. The topological polar surface area (TPSA) is 64.3 Å². The van der Waals surface area contributed by atoms with Crippen LogP contribution in [0.15, 0.2) is 18.2 Å². The van der Waals surface area contributed by atoms with Gasteiger partial charge in [-0.05, 0) is 32.4 Å². The van der Waals surface area contributed by atoms with Gasteiger partial charge < -0.3 is 15.8 Å². The summed E-state index contributed by atoms with van der Waals surface area (Å²) in [6.07, 6.45) is 6.10. The van der Waals surface area contributed by atoms with Gasteiger partial charge in [-0.2, -0.15) is 0 Å². The fourth-order valence-electron chi connectivity index (χ4n) is 2.29. The molecule has 0 bridgehead atoms. The minimum atomic E-state index is -0.366. The molecule has 0 saturated carbocycles. The van der Waals surface area contributed by atoms with Gasteiger partial charge in [-0.15, -0.1) is 0 Å². The van der Waals surface area contributed by atoms with Crippen LogP contribution in [0.4, 0.5) is 11.4 Å². The summed E-state index contributed by atoms with van der Waals surface area (Å²) in [6, 6.07) is 5.77. The van der Waals surface area contributed by atoms with Crippen molar-refractivity contribution in [2.75, 3.05) is 17.7 Å². The summed E-state index contributed by atoms with van der Waals surface area (Å²) in [6.45, 7) is 6.49. The number of carbonyl (C=O) groups is 1. The Labute approximate surface area is 128 Å². The van der Waals surface area contributed by atoms with Gasteiger partial charge in [-0.25, -0.2) is 4.79 Å². The number of carbonyl (C=O) groups excluding carboxylic acids is 1. The van der Waals surface area contributed by atoms with Crippen molar-refractivity contribution in [2.45, 2.75) is 58.9 Å². The minimum Gasteiger partial charge on any atom is -0.462 e. The molecule has 1 aromatic rings. The van der Waals surface area contributed by atoms with Crippen LogP contribution in [0.3, 0.4) is 0 Å². The van der Waals surface area contributed by atoms with E-state index in [4.69, 9.17) is 10.5 Å². The molecule has 0 aliphatic carbocycles. The number of nitrogens with two attached hydrogens (primary N) is 1. The Morgan fingerprint density at radius 1 is 1.29 bits per heavy atom. The number of para-hydroxylation sites is 1. The van der Waals surface area contributed by atoms with Crippen LogP contribution in [0.25, 0.3) is 0 Å². The molecule has 118 valence electrons. The zero-order valence-electron chi connectivity index (χ0n) is 13.4. The highest BCUT2D eigenvalue weighted by atomic mass is 16.5. The third-order valence-corrected chi connectivity index (χ3v) is 3.49. The SMILES string of the molecule is CCCCCCC(C)Nc1cccc(C(=O)OCC)c1N. The van der Waals surface area contributed by atoms with E-state index in [1.165, 1.54) is 25.7 Å². The Balaban J connectivity index is 2.62. The molecule has 0 aromatic heterocycles. The van der Waals surface area contributed by atoms with E-state index in [2.05, 4.69) is 19.2 Å². The maximum Gasteiger partial charge on any atom is 0.340 e. The molecule has 1 rings (SSSR count). The highest BCUT2D eigenvalue weighted by Gasteiger charge is 2.14. The van der Waals surface area contributed by atoms with Crippen LogP contribution in [0.5, 0.6) is 0 Å². The van der Waals surface area contributed by atoms with Gasteiger partial charge in [0, 0.05) is 6.04 Å². The molecule has 0 heterocycles. The number of nitrogen functional groups attached to an aromatic ring is 1. The second-order valence-corrected chi connectivity index (χ2v) is 5.38. The molecule has 4 nitrogen and oxygen atoms in total. The van der Waals surface area contributed by atoms with Crippen LogP contribution in [0.2, 0.25) is 0 Å². The van der Waals surface area contributed by atoms with Crippen LogP contribution in [0, 0.1) is 0 Å². The lowest BCUT2D eigenvalue weighted by Crippen LogP contribution is -2.17. The number of nitrogens with one attached hydrogen (secondary N) is 1. The van der Waals surface area contributed by atoms with Gasteiger partial charge in [0.1, 0.15) is 0 Å². The van der Waals surface area contributed by atoms with Gasteiger partial charge in [0.05, 0.1) is 23.5 Å². The quantitative estimate of drug-likeness (QED) is 0.406. The van der Waals surface area contributed by atoms with Gasteiger partial charge >= 0.3 is 5.97 Å². The van der Waals surface area contributed by atoms with Crippen molar-refractivity contribution in [1.82, 2.24) is 0 Å². The number of benzene rings is 1. The normalized spacial score (nSPS) is 12.0. The van der Waals surface area contributed by atoms with Gasteiger partial charge in [-0.1, -0.05) is 38.7 Å². The summed E-state index contributed by atoms with van der Waals surface area (Å²) >= 11 is 0. The summed E-state index contributed by atoms with van der Waals surface area (Å²) in [7, 11) is 0. The zero-order valence-corrected chi connectivity index (χ0v) is 13.4. The largest absolute Gasteiger partial charge is 0.462 e. The van der Waals surface area contributed by atoms with Crippen molar-refractivity contribution in [3.8, 4) is 0 Å². The Morgan fingerprint density at radius 3 is 2.71 bits per heavy atom. The standard InChI is InChI=1S/C17H28N2O2/c1-4-6-7-8-10-13(3)19-15-12-9-11-14(16(15)18)17(20)21-5-2/h9,11-13,19H,4-8,10,18H2,1-3H3. The lowest BCUT2D eigenvalue weighted by molar-refractivity contribution is 0.0527. The third kappa shape index (κ3) is 5.66. The number of anilines is 2. The molecular weight excluding hydrogens is 264 g/mol. The lowest BCUT2D eigenvalue weighted by Gasteiger charge is -2.18. The number of hydrogen-bond acceptors (Lipinski definition) is 4. The Hall–Kier alpha value is -1.71. The second-order valence-electron chi connectivity index (χ2n) is 5.38. The summed E-state index contributed by atoms with van der Waals surface area (Å²) < 4.78 is 5.01. The molecule has 0 amide bonds. The van der Waals surface area contributed by atoms with E-state index in [9.17, 15) is 4.79 Å². The Bertz CT molecular complexity index is 446. The van der Waals surface area contributed by atoms with Crippen molar-refractivity contribution in [3.63, 3.8) is 0 Å². The first-order valence-corrected chi connectivity index (χ1v) is 7.92. The van der Waals surface area contributed by atoms with E-state index in [0.29, 0.717) is 23.9 Å². The molecule has 1 aromatic carbocycles. The first-order chi connectivity index (χ1) is 10.1. The molecular formula is C17H28N2O2. The molecule has 0 radical (unpaired) electrons. The molecule has 0 aliphatic heterocycles. The minimum absolute atomic E-state index is 0.335. The van der Waals surface area contributed by atoms with Crippen LogP contribution in [-0.4, -0.2) is 18.6 Å². The highest BCUT2D eigenvalue weighted by Crippen LogP contribution is 2.25. The Morgan fingerprint density at radius 2 is 2.05 bits per heavy atom. The van der Waals surface area contributed by atoms with Gasteiger partial charge in [0.2, 0.25) is 0 Å². The first-order valence-electron chi connectivity index (χ1n) is 7.92. The van der Waals surface area contributed by atoms with Crippen molar-refractivity contribution >= 4 is 17.3 Å². The van der Waals surface area contributed by atoms with Crippen LogP contribution < -0.4 is 11.1 Å². The van der Waals surface area contributed by atoms with Crippen molar-refractivity contribution in [1.29, 1.82) is 0 Å². The number of unbranched alkanes of at least 4 members (excludes halogenated alkanes) is 3. The van der Waals surface area contributed by atoms with Crippen LogP contribution in [-0.2, 0) is 4.74 Å². The van der Waals surface area contributed by atoms with Crippen LogP contribution in [0.1, 0.15) is 63.2 Å². The summed E-state index contributed by atoms with van der Waals surface area (Å²) in [5.41, 5.74) is 7.78. The molecule has 3 N–H and O–H groups in total. The maximum absolute atomic E-state index is 11.8. The molecule has 1 atom stereocenters. The second kappa shape index (κ2) is 9.27.